The molecule has 1 unspecified atom stereocenters. The van der Waals surface area contributed by atoms with Gasteiger partial charge in [-0.1, -0.05) is 32.0 Å². The molecule has 42 heavy (non-hydrogen) atoms. The Kier molecular flexibility index (Phi) is 14.5. The van der Waals surface area contributed by atoms with E-state index in [1.54, 1.807) is 24.3 Å². The number of nitrogens with zero attached hydrogens (tertiary/aromatic N) is 2. The van der Waals surface area contributed by atoms with Gasteiger partial charge in [0.2, 0.25) is 5.91 Å². The van der Waals surface area contributed by atoms with Gasteiger partial charge in [-0.15, -0.1) is 4.39 Å². The van der Waals surface area contributed by atoms with Crippen LogP contribution in [0.5, 0.6) is 0 Å². The minimum atomic E-state index is -0.690. The van der Waals surface area contributed by atoms with Crippen LogP contribution in [0.3, 0.4) is 0 Å². The van der Waals surface area contributed by atoms with Crippen molar-refractivity contribution in [2.45, 2.75) is 39.3 Å². The number of carbonyl (C=O) groups is 3. The van der Waals surface area contributed by atoms with Crippen LogP contribution in [0.25, 0.3) is 0 Å². The molecule has 11 nitrogen and oxygen atoms in total. The summed E-state index contributed by atoms with van der Waals surface area (Å²) in [6.45, 7) is 4.07. The molecule has 3 aromatic rings. The highest BCUT2D eigenvalue weighted by molar-refractivity contribution is 5.99. The van der Waals surface area contributed by atoms with E-state index < -0.39 is 6.04 Å². The zero-order chi connectivity index (χ0) is 28.9. The van der Waals surface area contributed by atoms with Crippen molar-refractivity contribution in [3.8, 4) is 12.3 Å². The summed E-state index contributed by atoms with van der Waals surface area (Å²) >= 11 is 0. The highest BCUT2D eigenvalue weighted by atomic mass is 19.1. The summed E-state index contributed by atoms with van der Waals surface area (Å²) in [6.07, 6.45) is 3.59. The number of rotatable bonds is 1. The smallest absolute Gasteiger partial charge is 0.251 e. The van der Waals surface area contributed by atoms with Gasteiger partial charge in [0.05, 0.1) is 6.04 Å². The molecule has 0 spiro atoms. The summed E-state index contributed by atoms with van der Waals surface area (Å²) in [7, 11) is 0. The number of aromatic nitrogens is 2. The van der Waals surface area contributed by atoms with Crippen LogP contribution < -0.4 is 21.3 Å². The predicted molar refractivity (Wildman–Crippen MR) is 151 cm³/mol. The van der Waals surface area contributed by atoms with Crippen LogP contribution in [0, 0.1) is 18.2 Å². The predicted octanol–water partition coefficient (Wildman–Crippen LogP) is 4.37. The molecule has 2 amide bonds. The number of nitrogens with one attached hydrogen (secondary N) is 4. The number of benzene rings is 2. The van der Waals surface area contributed by atoms with Crippen LogP contribution in [0.4, 0.5) is 36.8 Å². The summed E-state index contributed by atoms with van der Waals surface area (Å²) in [5.74, 6) is 0.260. The van der Waals surface area contributed by atoms with E-state index in [4.69, 9.17) is 5.26 Å². The number of ketones is 1. The van der Waals surface area contributed by atoms with E-state index in [2.05, 4.69) is 36.1 Å². The summed E-state index contributed by atoms with van der Waals surface area (Å²) in [5.41, 5.74) is 2.79. The van der Waals surface area contributed by atoms with E-state index in [0.29, 0.717) is 29.4 Å². The minimum Gasteiger partial charge on any atom is -0.352 e. The highest BCUT2D eigenvalue weighted by Gasteiger charge is 2.25. The third-order valence-electron chi connectivity index (χ3n) is 5.74. The fourth-order valence-corrected chi connectivity index (χ4v) is 3.83. The Hall–Kier alpha value is -5.16. The maximum absolute atomic E-state index is 12.9. The summed E-state index contributed by atoms with van der Waals surface area (Å²) in [6, 6.07) is 15.7. The minimum absolute atomic E-state index is 0. The molecule has 1 atom stereocenters. The Morgan fingerprint density at radius 2 is 1.60 bits per heavy atom. The van der Waals surface area contributed by atoms with Gasteiger partial charge in [0, 0.05) is 42.4 Å². The molecule has 2 aromatic carbocycles. The first-order valence-electron chi connectivity index (χ1n) is 12.4. The molecule has 6 bridgehead atoms. The van der Waals surface area contributed by atoms with Gasteiger partial charge >= 0.3 is 0 Å². The molecule has 0 saturated heterocycles. The standard InChI is InChI=1S/C26H28N6O3.C2HFO2.2FH/c1-16(2)25-21(33)9-10-24(34)27-14-17-5-3-7-19(11-17)30-22-13-23(29-15-28-22)31-20-8-4-6-18(12-20)26(35)32-25;3-1-2-5-4;;/h3-8,11-13,15-16,25H,9-10,14H2,1-2H3,(H,27,34)(H,32,35)(H2,28,29,30,31);4H;2*1H. The Morgan fingerprint density at radius 1 is 0.952 bits per heavy atom. The quantitative estimate of drug-likeness (QED) is 0.158. The monoisotopic (exact) mass is 588 g/mol. The Bertz CT molecular complexity index is 1410. The zero-order valence-electron chi connectivity index (χ0n) is 22.7. The number of anilines is 4. The van der Waals surface area contributed by atoms with Gasteiger partial charge in [-0.2, -0.15) is 5.26 Å². The molecule has 1 aliphatic heterocycles. The zero-order valence-corrected chi connectivity index (χ0v) is 22.7. The van der Waals surface area contributed by atoms with Crippen LogP contribution in [0.2, 0.25) is 0 Å². The lowest BCUT2D eigenvalue weighted by Crippen LogP contribution is -2.44. The highest BCUT2D eigenvalue weighted by Crippen LogP contribution is 2.21. The van der Waals surface area contributed by atoms with Gasteiger partial charge in [-0.3, -0.25) is 28.7 Å². The second-order valence-electron chi connectivity index (χ2n) is 9.05. The lowest BCUT2D eigenvalue weighted by Gasteiger charge is -2.21. The lowest BCUT2D eigenvalue weighted by molar-refractivity contribution is -0.172. The molecule has 14 heteroatoms. The third kappa shape index (κ3) is 10.8. The van der Waals surface area contributed by atoms with E-state index in [-0.39, 0.29) is 45.8 Å². The van der Waals surface area contributed by atoms with E-state index in [1.165, 1.54) is 12.4 Å². The largest absolute Gasteiger partial charge is 0.352 e. The first-order valence-corrected chi connectivity index (χ1v) is 12.4. The molecule has 1 aromatic heterocycles. The van der Waals surface area contributed by atoms with Crippen molar-refractivity contribution in [2.24, 2.45) is 5.92 Å². The molecule has 5 N–H and O–H groups in total. The molecule has 0 radical (unpaired) electrons. The molecule has 0 saturated carbocycles. The Balaban J connectivity index is 0.00000116. The van der Waals surface area contributed by atoms with Crippen LogP contribution in [-0.2, 0) is 21.0 Å². The van der Waals surface area contributed by atoms with Gasteiger partial charge in [0.1, 0.15) is 18.0 Å². The molecule has 1 aliphatic rings. The van der Waals surface area contributed by atoms with Crippen molar-refractivity contribution in [2.75, 3.05) is 10.6 Å². The molecule has 224 valence electrons. The van der Waals surface area contributed by atoms with Gasteiger partial charge in [0.15, 0.2) is 18.1 Å². The number of hydrogen-bond donors (Lipinski definition) is 5. The molecule has 4 rings (SSSR count). The fraction of sp³-hybridized carbons (Fsp3) is 0.250. The van der Waals surface area contributed by atoms with E-state index in [1.807, 2.05) is 44.2 Å². The van der Waals surface area contributed by atoms with E-state index in [0.717, 1.165) is 17.4 Å². The molecule has 0 aliphatic carbocycles. The topological polar surface area (TPSA) is 155 Å². The molecular weight excluding hydrogens is 557 g/mol. The second-order valence-corrected chi connectivity index (χ2v) is 9.05. The van der Waals surface area contributed by atoms with Crippen molar-refractivity contribution < 1.29 is 38.3 Å². The van der Waals surface area contributed by atoms with Crippen molar-refractivity contribution in [1.82, 2.24) is 20.6 Å². The summed E-state index contributed by atoms with van der Waals surface area (Å²) in [4.78, 5) is 49.7. The van der Waals surface area contributed by atoms with E-state index in [9.17, 15) is 18.8 Å². The third-order valence-corrected chi connectivity index (χ3v) is 5.74. The Morgan fingerprint density at radius 3 is 2.19 bits per heavy atom. The van der Waals surface area contributed by atoms with E-state index >= 15 is 0 Å². The maximum Gasteiger partial charge on any atom is 0.251 e. The first kappa shape index (κ1) is 34.9. The number of halogens is 3. The number of carbonyl (C=O) groups excluding carboxylic acids is 3. The van der Waals surface area contributed by atoms with Crippen LogP contribution in [0.15, 0.2) is 60.9 Å². The average Bonchev–Trinajstić information content (AvgIpc) is 2.94. The number of fused-ring (bicyclic) bond motifs is 6. The van der Waals surface area contributed by atoms with Gasteiger partial charge in [-0.25, -0.2) is 9.97 Å². The van der Waals surface area contributed by atoms with Crippen LogP contribution in [0.1, 0.15) is 42.6 Å². The first-order chi connectivity index (χ1) is 19.3. The summed E-state index contributed by atoms with van der Waals surface area (Å²) in [5, 5.41) is 19.3. The van der Waals surface area contributed by atoms with Crippen molar-refractivity contribution in [3.63, 3.8) is 0 Å². The lowest BCUT2D eigenvalue weighted by atomic mass is 9.96. The van der Waals surface area contributed by atoms with Crippen molar-refractivity contribution >= 4 is 40.6 Å². The van der Waals surface area contributed by atoms with Crippen LogP contribution in [-0.4, -0.2) is 38.9 Å². The Labute approximate surface area is 240 Å². The maximum atomic E-state index is 12.9. The molecule has 2 heterocycles. The van der Waals surface area contributed by atoms with Gasteiger partial charge < -0.3 is 21.3 Å². The summed E-state index contributed by atoms with van der Waals surface area (Å²) < 4.78 is 10.3. The normalized spacial score (nSPS) is 14.7. The number of hydrogen-bond acceptors (Lipinski definition) is 9. The molecular formula is C28H31F3N6O5. The fourth-order valence-electron chi connectivity index (χ4n) is 3.83. The van der Waals surface area contributed by atoms with Crippen molar-refractivity contribution in [3.05, 3.63) is 72.1 Å². The second kappa shape index (κ2) is 17.5. The van der Waals surface area contributed by atoms with Crippen LogP contribution >= 0.6 is 0 Å². The van der Waals surface area contributed by atoms with Crippen molar-refractivity contribution in [1.29, 1.82) is 0 Å². The average molecular weight is 589 g/mol. The van der Waals surface area contributed by atoms with Gasteiger partial charge in [-0.05, 0) is 41.8 Å². The number of amides is 2. The number of Topliss-reactive ketones (excluding diaryl/α,β-unsaturated/α-hetero) is 1. The van der Waals surface area contributed by atoms with Gasteiger partial charge in [0.25, 0.3) is 5.91 Å². The SMILES string of the molecule is CC(C)C1NC(=O)c2cccc(c2)Nc2cc(ncn2)Nc2cccc(c2)CNC(=O)CCC1=O.F.F.OOC#CF. The molecule has 0 fully saturated rings.